The van der Waals surface area contributed by atoms with Gasteiger partial charge in [-0.1, -0.05) is 0 Å². The molecule has 0 aromatic carbocycles. The summed E-state index contributed by atoms with van der Waals surface area (Å²) in [7, 11) is 3.27. The molecule has 8 heteroatoms. The molecule has 1 aromatic rings. The van der Waals surface area contributed by atoms with Crippen molar-refractivity contribution >= 4 is 17.4 Å². The molecule has 0 radical (unpaired) electrons. The van der Waals surface area contributed by atoms with Crippen LogP contribution in [0, 0.1) is 10.1 Å². The number of ether oxygens (including phenoxy) is 1. The van der Waals surface area contributed by atoms with Crippen LogP contribution < -0.4 is 5.32 Å². The van der Waals surface area contributed by atoms with Gasteiger partial charge in [-0.3, -0.25) is 14.9 Å². The van der Waals surface area contributed by atoms with Gasteiger partial charge < -0.3 is 15.0 Å². The number of nitrogens with one attached hydrogen (secondary N) is 1. The zero-order chi connectivity index (χ0) is 15.4. The highest BCUT2D eigenvalue weighted by atomic mass is 16.6. The standard InChI is InChI=1S/C13H18N4O4/c1-14-12-11(6-9(7-15-12)17(19)20)13(18)16(2)8-10-4-3-5-21-10/h6-7,10H,3-5,8H2,1-2H3,(H,14,15). The van der Waals surface area contributed by atoms with Crippen LogP contribution in [0.5, 0.6) is 0 Å². The molecule has 1 unspecified atom stereocenters. The van der Waals surface area contributed by atoms with E-state index >= 15 is 0 Å². The highest BCUT2D eigenvalue weighted by Gasteiger charge is 2.24. The van der Waals surface area contributed by atoms with E-state index in [9.17, 15) is 14.9 Å². The van der Waals surface area contributed by atoms with Crippen LogP contribution in [-0.4, -0.2) is 54.1 Å². The molecular formula is C13H18N4O4. The van der Waals surface area contributed by atoms with Crippen LogP contribution in [0.2, 0.25) is 0 Å². The molecule has 1 saturated heterocycles. The SMILES string of the molecule is CNc1ncc([N+](=O)[O-])cc1C(=O)N(C)CC1CCCO1. The van der Waals surface area contributed by atoms with E-state index in [-0.39, 0.29) is 23.3 Å². The van der Waals surface area contributed by atoms with Crippen LogP contribution >= 0.6 is 0 Å². The number of likely N-dealkylation sites (N-methyl/N-ethyl adjacent to an activating group) is 1. The Hall–Kier alpha value is -2.22. The smallest absolute Gasteiger partial charge is 0.288 e. The lowest BCUT2D eigenvalue weighted by molar-refractivity contribution is -0.385. The first-order chi connectivity index (χ1) is 10.0. The molecule has 8 nitrogen and oxygen atoms in total. The summed E-state index contributed by atoms with van der Waals surface area (Å²) in [6.45, 7) is 1.18. The van der Waals surface area contributed by atoms with Crippen molar-refractivity contribution in [2.45, 2.75) is 18.9 Å². The van der Waals surface area contributed by atoms with Gasteiger partial charge in [0, 0.05) is 33.3 Å². The number of rotatable bonds is 5. The molecule has 0 spiro atoms. The normalized spacial score (nSPS) is 17.5. The lowest BCUT2D eigenvalue weighted by Gasteiger charge is -2.21. The monoisotopic (exact) mass is 294 g/mol. The first kappa shape index (κ1) is 15.2. The van der Waals surface area contributed by atoms with Crippen molar-refractivity contribution in [1.29, 1.82) is 0 Å². The average Bonchev–Trinajstić information content (AvgIpc) is 2.98. The number of anilines is 1. The second-order valence-corrected chi connectivity index (χ2v) is 4.92. The third-order valence-electron chi connectivity index (χ3n) is 3.40. The molecule has 1 aliphatic rings. The van der Waals surface area contributed by atoms with Crippen molar-refractivity contribution in [3.8, 4) is 0 Å². The van der Waals surface area contributed by atoms with Gasteiger partial charge in [-0.25, -0.2) is 4.98 Å². The van der Waals surface area contributed by atoms with Crippen molar-refractivity contribution in [3.05, 3.63) is 27.9 Å². The number of aromatic nitrogens is 1. The number of carbonyl (C=O) groups excluding carboxylic acids is 1. The molecule has 0 saturated carbocycles. The first-order valence-corrected chi connectivity index (χ1v) is 6.72. The molecule has 1 amide bonds. The third kappa shape index (κ3) is 3.46. The van der Waals surface area contributed by atoms with Gasteiger partial charge in [0.1, 0.15) is 12.0 Å². The number of pyridine rings is 1. The van der Waals surface area contributed by atoms with Crippen LogP contribution in [0.1, 0.15) is 23.2 Å². The van der Waals surface area contributed by atoms with E-state index in [2.05, 4.69) is 10.3 Å². The third-order valence-corrected chi connectivity index (χ3v) is 3.40. The maximum atomic E-state index is 12.5. The second kappa shape index (κ2) is 6.49. The molecule has 1 aliphatic heterocycles. The predicted octanol–water partition coefficient (Wildman–Crippen LogP) is 1.28. The van der Waals surface area contributed by atoms with Crippen molar-refractivity contribution in [2.24, 2.45) is 0 Å². The van der Waals surface area contributed by atoms with Crippen molar-refractivity contribution in [1.82, 2.24) is 9.88 Å². The van der Waals surface area contributed by atoms with Gasteiger partial charge >= 0.3 is 0 Å². The Morgan fingerprint density at radius 3 is 3.00 bits per heavy atom. The van der Waals surface area contributed by atoms with Crippen molar-refractivity contribution < 1.29 is 14.5 Å². The lowest BCUT2D eigenvalue weighted by atomic mass is 10.2. The summed E-state index contributed by atoms with van der Waals surface area (Å²) in [5, 5.41) is 13.6. The van der Waals surface area contributed by atoms with Crippen LogP contribution in [-0.2, 0) is 4.74 Å². The summed E-state index contributed by atoms with van der Waals surface area (Å²) in [5.74, 6) is 0.0100. The number of hydrogen-bond donors (Lipinski definition) is 1. The predicted molar refractivity (Wildman–Crippen MR) is 76.4 cm³/mol. The van der Waals surface area contributed by atoms with Gasteiger partial charge in [0.25, 0.3) is 11.6 Å². The molecule has 1 atom stereocenters. The fourth-order valence-electron chi connectivity index (χ4n) is 2.30. The minimum absolute atomic E-state index is 0.0312. The Balaban J connectivity index is 2.19. The van der Waals surface area contributed by atoms with Crippen LogP contribution in [0.15, 0.2) is 12.3 Å². The molecule has 21 heavy (non-hydrogen) atoms. The van der Waals surface area contributed by atoms with Crippen LogP contribution in [0.4, 0.5) is 11.5 Å². The van der Waals surface area contributed by atoms with E-state index in [0.29, 0.717) is 19.0 Å². The quantitative estimate of drug-likeness (QED) is 0.649. The van der Waals surface area contributed by atoms with E-state index in [1.807, 2.05) is 0 Å². The molecule has 1 aromatic heterocycles. The number of amides is 1. The molecule has 2 rings (SSSR count). The fourth-order valence-corrected chi connectivity index (χ4v) is 2.30. The Morgan fingerprint density at radius 1 is 1.67 bits per heavy atom. The highest BCUT2D eigenvalue weighted by molar-refractivity contribution is 5.99. The average molecular weight is 294 g/mol. The van der Waals surface area contributed by atoms with Gasteiger partial charge in [-0.15, -0.1) is 0 Å². The molecule has 2 heterocycles. The summed E-state index contributed by atoms with van der Waals surface area (Å²) in [5.41, 5.74) is -0.0185. The summed E-state index contributed by atoms with van der Waals surface area (Å²) in [4.78, 5) is 28.1. The van der Waals surface area contributed by atoms with E-state index in [0.717, 1.165) is 19.0 Å². The van der Waals surface area contributed by atoms with Gasteiger partial charge in [0.2, 0.25) is 0 Å². The molecule has 114 valence electrons. The molecule has 1 N–H and O–H groups in total. The van der Waals surface area contributed by atoms with Crippen molar-refractivity contribution in [3.63, 3.8) is 0 Å². The largest absolute Gasteiger partial charge is 0.376 e. The summed E-state index contributed by atoms with van der Waals surface area (Å²) >= 11 is 0. The zero-order valence-electron chi connectivity index (χ0n) is 12.0. The summed E-state index contributed by atoms with van der Waals surface area (Å²) < 4.78 is 5.49. The molecule has 1 fully saturated rings. The van der Waals surface area contributed by atoms with E-state index in [1.54, 1.807) is 14.1 Å². The Kier molecular flexibility index (Phi) is 4.69. The lowest BCUT2D eigenvalue weighted by Crippen LogP contribution is -2.34. The Labute approximate surface area is 122 Å². The maximum Gasteiger partial charge on any atom is 0.288 e. The number of carbonyl (C=O) groups is 1. The minimum Gasteiger partial charge on any atom is -0.376 e. The number of nitro groups is 1. The van der Waals surface area contributed by atoms with Gasteiger partial charge in [0.05, 0.1) is 16.6 Å². The van der Waals surface area contributed by atoms with Gasteiger partial charge in [0.15, 0.2) is 0 Å². The molecular weight excluding hydrogens is 276 g/mol. The van der Waals surface area contributed by atoms with Gasteiger partial charge in [-0.05, 0) is 12.8 Å². The van der Waals surface area contributed by atoms with Crippen LogP contribution in [0.25, 0.3) is 0 Å². The highest BCUT2D eigenvalue weighted by Crippen LogP contribution is 2.21. The first-order valence-electron chi connectivity index (χ1n) is 6.72. The Morgan fingerprint density at radius 2 is 2.43 bits per heavy atom. The van der Waals surface area contributed by atoms with E-state index in [1.165, 1.54) is 11.0 Å². The minimum atomic E-state index is -0.566. The van der Waals surface area contributed by atoms with E-state index in [4.69, 9.17) is 4.74 Å². The maximum absolute atomic E-state index is 12.5. The Bertz CT molecular complexity index is 543. The summed E-state index contributed by atoms with van der Waals surface area (Å²) in [6, 6.07) is 1.24. The van der Waals surface area contributed by atoms with Crippen molar-refractivity contribution in [2.75, 3.05) is 32.6 Å². The molecule has 0 aliphatic carbocycles. The molecule has 0 bridgehead atoms. The van der Waals surface area contributed by atoms with E-state index < -0.39 is 4.92 Å². The van der Waals surface area contributed by atoms with Gasteiger partial charge in [-0.2, -0.15) is 0 Å². The van der Waals surface area contributed by atoms with Crippen LogP contribution in [0.3, 0.4) is 0 Å². The number of hydrogen-bond acceptors (Lipinski definition) is 6. The zero-order valence-corrected chi connectivity index (χ0v) is 12.0. The fraction of sp³-hybridized carbons (Fsp3) is 0.538. The topological polar surface area (TPSA) is 97.6 Å². The number of nitrogens with zero attached hydrogens (tertiary/aromatic N) is 3. The second-order valence-electron chi connectivity index (χ2n) is 4.92. The summed E-state index contributed by atoms with van der Waals surface area (Å²) in [6.07, 6.45) is 3.07.